The molecular formula is C20H28ClN3O5S. The lowest BCUT2D eigenvalue weighted by atomic mass is 9.96. The summed E-state index contributed by atoms with van der Waals surface area (Å²) in [4.78, 5) is 28.0. The van der Waals surface area contributed by atoms with Crippen molar-refractivity contribution in [3.63, 3.8) is 0 Å². The summed E-state index contributed by atoms with van der Waals surface area (Å²) in [7, 11) is -3.46. The van der Waals surface area contributed by atoms with Crippen molar-refractivity contribution in [3.05, 3.63) is 34.9 Å². The van der Waals surface area contributed by atoms with Crippen molar-refractivity contribution in [2.24, 2.45) is 5.92 Å². The maximum absolute atomic E-state index is 12.8. The molecule has 1 aromatic rings. The number of ether oxygens (including phenoxy) is 1. The van der Waals surface area contributed by atoms with Gasteiger partial charge in [0.05, 0.1) is 12.4 Å². The predicted molar refractivity (Wildman–Crippen MR) is 114 cm³/mol. The summed E-state index contributed by atoms with van der Waals surface area (Å²) in [6, 6.07) is 6.85. The van der Waals surface area contributed by atoms with Crippen LogP contribution in [-0.4, -0.2) is 80.4 Å². The van der Waals surface area contributed by atoms with Crippen LogP contribution < -0.4 is 0 Å². The molecule has 0 unspecified atom stereocenters. The molecule has 0 aliphatic carbocycles. The minimum atomic E-state index is -3.46. The van der Waals surface area contributed by atoms with Gasteiger partial charge in [0.25, 0.3) is 0 Å². The Morgan fingerprint density at radius 1 is 1.07 bits per heavy atom. The average Bonchev–Trinajstić information content (AvgIpc) is 2.73. The first-order valence-electron chi connectivity index (χ1n) is 10.2. The van der Waals surface area contributed by atoms with Gasteiger partial charge in [0.1, 0.15) is 0 Å². The van der Waals surface area contributed by atoms with Crippen molar-refractivity contribution in [1.82, 2.24) is 14.1 Å². The summed E-state index contributed by atoms with van der Waals surface area (Å²) in [5.41, 5.74) is 0.653. The summed E-state index contributed by atoms with van der Waals surface area (Å²) in [6.45, 7) is 4.63. The van der Waals surface area contributed by atoms with Crippen molar-refractivity contribution in [1.29, 1.82) is 0 Å². The van der Waals surface area contributed by atoms with E-state index in [2.05, 4.69) is 0 Å². The zero-order chi connectivity index (χ0) is 21.7. The summed E-state index contributed by atoms with van der Waals surface area (Å²) in [5.74, 6) is -0.232. The fourth-order valence-electron chi connectivity index (χ4n) is 3.89. The molecule has 0 bridgehead atoms. The number of piperidine rings is 1. The maximum atomic E-state index is 12.8. The van der Waals surface area contributed by atoms with Gasteiger partial charge in [-0.2, -0.15) is 0 Å². The fraction of sp³-hybridized carbons (Fsp3) is 0.600. The van der Waals surface area contributed by atoms with Crippen molar-refractivity contribution in [2.45, 2.75) is 25.5 Å². The zero-order valence-corrected chi connectivity index (χ0v) is 18.7. The Morgan fingerprint density at radius 3 is 2.30 bits per heavy atom. The molecule has 2 amide bonds. The summed E-state index contributed by atoms with van der Waals surface area (Å²) in [5, 5.41) is 0.509. The highest BCUT2D eigenvalue weighted by molar-refractivity contribution is 7.88. The standard InChI is InChI=1S/C20H28ClN3O5S/c1-2-29-20(26)23-12-10-22(11-13-23)19(25)17-6-8-24(9-7-17)30(27,28)15-16-4-3-5-18(21)14-16/h3-5,14,17H,2,6-13,15H2,1H3. The molecule has 166 valence electrons. The van der Waals surface area contributed by atoms with Gasteiger partial charge < -0.3 is 14.5 Å². The predicted octanol–water partition coefficient (Wildman–Crippen LogP) is 2.18. The topological polar surface area (TPSA) is 87.2 Å². The van der Waals surface area contributed by atoms with E-state index < -0.39 is 10.0 Å². The molecule has 2 aliphatic heterocycles. The number of benzene rings is 1. The first-order chi connectivity index (χ1) is 14.3. The minimum absolute atomic E-state index is 0.0467. The highest BCUT2D eigenvalue weighted by Gasteiger charge is 2.34. The molecule has 0 atom stereocenters. The van der Waals surface area contributed by atoms with Gasteiger partial charge in [-0.15, -0.1) is 0 Å². The zero-order valence-electron chi connectivity index (χ0n) is 17.1. The lowest BCUT2D eigenvalue weighted by molar-refractivity contribution is -0.138. The van der Waals surface area contributed by atoms with Crippen LogP contribution in [0.2, 0.25) is 5.02 Å². The van der Waals surface area contributed by atoms with Crippen molar-refractivity contribution < 1.29 is 22.7 Å². The van der Waals surface area contributed by atoms with Gasteiger partial charge in [-0.05, 0) is 37.5 Å². The number of sulfonamides is 1. The van der Waals surface area contributed by atoms with E-state index in [0.717, 1.165) is 0 Å². The van der Waals surface area contributed by atoms with Crippen LogP contribution in [-0.2, 0) is 25.3 Å². The van der Waals surface area contributed by atoms with Gasteiger partial charge in [-0.1, -0.05) is 23.7 Å². The number of nitrogens with zero attached hydrogens (tertiary/aromatic N) is 3. The van der Waals surface area contributed by atoms with Crippen LogP contribution >= 0.6 is 11.6 Å². The quantitative estimate of drug-likeness (QED) is 0.676. The lowest BCUT2D eigenvalue weighted by Crippen LogP contribution is -2.53. The van der Waals surface area contributed by atoms with E-state index in [1.54, 1.807) is 41.0 Å². The van der Waals surface area contributed by atoms with Gasteiger partial charge in [0.15, 0.2) is 0 Å². The van der Waals surface area contributed by atoms with Gasteiger partial charge in [0, 0.05) is 50.2 Å². The molecule has 10 heteroatoms. The Morgan fingerprint density at radius 2 is 1.70 bits per heavy atom. The van der Waals surface area contributed by atoms with E-state index in [-0.39, 0.29) is 23.7 Å². The van der Waals surface area contributed by atoms with Crippen LogP contribution in [0.25, 0.3) is 0 Å². The fourth-order valence-corrected chi connectivity index (χ4v) is 5.66. The molecule has 0 radical (unpaired) electrons. The van der Waals surface area contributed by atoms with E-state index >= 15 is 0 Å². The Bertz CT molecular complexity index is 863. The number of halogens is 1. The molecular weight excluding hydrogens is 430 g/mol. The molecule has 2 saturated heterocycles. The van der Waals surface area contributed by atoms with Crippen molar-refractivity contribution in [2.75, 3.05) is 45.9 Å². The second-order valence-corrected chi connectivity index (χ2v) is 9.98. The number of rotatable bonds is 5. The van der Waals surface area contributed by atoms with Crippen LogP contribution in [0.15, 0.2) is 24.3 Å². The summed E-state index contributed by atoms with van der Waals surface area (Å²) < 4.78 is 31.9. The third kappa shape index (κ3) is 5.65. The molecule has 30 heavy (non-hydrogen) atoms. The molecule has 0 aromatic heterocycles. The van der Waals surface area contributed by atoms with Crippen molar-refractivity contribution in [3.8, 4) is 0 Å². The van der Waals surface area contributed by atoms with Crippen LogP contribution in [0.3, 0.4) is 0 Å². The molecule has 0 saturated carbocycles. The Hall–Kier alpha value is -1.84. The number of amides is 2. The summed E-state index contributed by atoms with van der Waals surface area (Å²) in [6.07, 6.45) is 0.667. The van der Waals surface area contributed by atoms with Crippen LogP contribution in [0.1, 0.15) is 25.3 Å². The Kier molecular flexibility index (Phi) is 7.60. The van der Waals surface area contributed by atoms with Crippen LogP contribution in [0, 0.1) is 5.92 Å². The largest absolute Gasteiger partial charge is 0.450 e. The number of hydrogen-bond donors (Lipinski definition) is 0. The van der Waals surface area contributed by atoms with E-state index in [1.165, 1.54) is 4.31 Å². The smallest absolute Gasteiger partial charge is 0.409 e. The Labute approximate surface area is 182 Å². The van der Waals surface area contributed by atoms with E-state index in [1.807, 2.05) is 0 Å². The normalized spacial score (nSPS) is 19.0. The molecule has 0 N–H and O–H groups in total. The Balaban J connectivity index is 1.49. The monoisotopic (exact) mass is 457 g/mol. The maximum Gasteiger partial charge on any atom is 0.409 e. The number of carbonyl (C=O) groups excluding carboxylic acids is 2. The minimum Gasteiger partial charge on any atom is -0.450 e. The molecule has 2 aliphatic rings. The second-order valence-electron chi connectivity index (χ2n) is 7.57. The molecule has 3 rings (SSSR count). The van der Waals surface area contributed by atoms with E-state index in [9.17, 15) is 18.0 Å². The van der Waals surface area contributed by atoms with Crippen LogP contribution in [0.4, 0.5) is 4.79 Å². The van der Waals surface area contributed by atoms with E-state index in [4.69, 9.17) is 16.3 Å². The number of hydrogen-bond acceptors (Lipinski definition) is 5. The SMILES string of the molecule is CCOC(=O)N1CCN(C(=O)C2CCN(S(=O)(=O)Cc3cccc(Cl)c3)CC2)CC1. The van der Waals surface area contributed by atoms with E-state index in [0.29, 0.717) is 69.3 Å². The van der Waals surface area contributed by atoms with Crippen LogP contribution in [0.5, 0.6) is 0 Å². The van der Waals surface area contributed by atoms with Gasteiger partial charge >= 0.3 is 6.09 Å². The summed E-state index contributed by atoms with van der Waals surface area (Å²) >= 11 is 5.95. The molecule has 1 aromatic carbocycles. The number of piperazine rings is 1. The highest BCUT2D eigenvalue weighted by Crippen LogP contribution is 2.24. The van der Waals surface area contributed by atoms with Gasteiger partial charge in [0.2, 0.25) is 15.9 Å². The average molecular weight is 458 g/mol. The molecule has 2 fully saturated rings. The third-order valence-electron chi connectivity index (χ3n) is 5.55. The molecule has 8 nitrogen and oxygen atoms in total. The number of carbonyl (C=O) groups is 2. The first-order valence-corrected chi connectivity index (χ1v) is 12.2. The van der Waals surface area contributed by atoms with Crippen molar-refractivity contribution >= 4 is 33.6 Å². The molecule has 2 heterocycles. The second kappa shape index (κ2) is 9.98. The first kappa shape index (κ1) is 22.8. The third-order valence-corrected chi connectivity index (χ3v) is 7.64. The van der Waals surface area contributed by atoms with Gasteiger partial charge in [-0.3, -0.25) is 4.79 Å². The highest BCUT2D eigenvalue weighted by atomic mass is 35.5. The van der Waals surface area contributed by atoms with Gasteiger partial charge in [-0.25, -0.2) is 17.5 Å². The molecule has 0 spiro atoms. The lowest BCUT2D eigenvalue weighted by Gasteiger charge is -2.38.